The van der Waals surface area contributed by atoms with Gasteiger partial charge in [-0.1, -0.05) is 12.5 Å². The monoisotopic (exact) mass is 613 g/mol. The standard InChI is InChI=1S/C14H24O4.C13H18F3NO5S/c1-5-11(13(16)17)9-7-6-8-10-12(15)18-14(2,3)4;1-12(2,3)21-11(18)17-8-4-5-9(17)7-10(6-8)22-23(19,20)13(14,15)16/h5H,6-10H2,1-4H3,(H,16,17);6,8-9H,4-5,7H2,1-3H3. The highest BCUT2D eigenvalue weighted by molar-refractivity contribution is 7.87. The molecule has 10 nitrogen and oxygen atoms in total. The maximum Gasteiger partial charge on any atom is 0.534 e. The van der Waals surface area contributed by atoms with E-state index in [9.17, 15) is 36.0 Å². The molecule has 41 heavy (non-hydrogen) atoms. The largest absolute Gasteiger partial charge is 0.534 e. The van der Waals surface area contributed by atoms with Crippen molar-refractivity contribution in [2.24, 2.45) is 0 Å². The average Bonchev–Trinajstić information content (AvgIpc) is 3.04. The summed E-state index contributed by atoms with van der Waals surface area (Å²) in [5.41, 5.74) is -6.17. The number of carbonyl (C=O) groups is 3. The van der Waals surface area contributed by atoms with Crippen LogP contribution in [0.25, 0.3) is 0 Å². The average molecular weight is 614 g/mol. The molecule has 0 spiro atoms. The van der Waals surface area contributed by atoms with Gasteiger partial charge in [0, 0.05) is 24.5 Å². The van der Waals surface area contributed by atoms with Gasteiger partial charge in [-0.2, -0.15) is 21.6 Å². The molecule has 2 bridgehead atoms. The number of carbonyl (C=O) groups excluding carboxylic acids is 2. The Morgan fingerprint density at radius 2 is 1.54 bits per heavy atom. The van der Waals surface area contributed by atoms with Crippen LogP contribution < -0.4 is 0 Å². The third-order valence-electron chi connectivity index (χ3n) is 5.84. The molecule has 1 N–H and O–H groups in total. The van der Waals surface area contributed by atoms with Gasteiger partial charge in [0.05, 0.1) is 6.04 Å². The number of carboxylic acids is 1. The topological polar surface area (TPSA) is 137 Å². The van der Waals surface area contributed by atoms with E-state index < -0.39 is 51.0 Å². The molecular formula is C27H42F3NO9S. The number of esters is 1. The number of hydrogen-bond acceptors (Lipinski definition) is 8. The molecule has 14 heteroatoms. The van der Waals surface area contributed by atoms with Crippen molar-refractivity contribution in [3.05, 3.63) is 23.5 Å². The predicted octanol–water partition coefficient (Wildman–Crippen LogP) is 6.22. The Kier molecular flexibility index (Phi) is 12.7. The smallest absolute Gasteiger partial charge is 0.478 e. The van der Waals surface area contributed by atoms with Gasteiger partial charge in [-0.3, -0.25) is 9.69 Å². The van der Waals surface area contributed by atoms with Crippen LogP contribution in [0, 0.1) is 0 Å². The maximum absolute atomic E-state index is 12.4. The summed E-state index contributed by atoms with van der Waals surface area (Å²) in [5.74, 6) is -1.33. The minimum absolute atomic E-state index is 0.0922. The second-order valence-corrected chi connectivity index (χ2v) is 13.3. The fourth-order valence-corrected chi connectivity index (χ4v) is 4.67. The number of ether oxygens (including phenoxy) is 2. The van der Waals surface area contributed by atoms with Crippen molar-refractivity contribution >= 4 is 28.1 Å². The van der Waals surface area contributed by atoms with Crippen LogP contribution in [0.2, 0.25) is 0 Å². The number of allylic oxidation sites excluding steroid dienone is 1. The Labute approximate surface area is 240 Å². The molecule has 2 aliphatic rings. The van der Waals surface area contributed by atoms with Crippen LogP contribution in [0.1, 0.15) is 99.8 Å². The molecule has 2 unspecified atom stereocenters. The van der Waals surface area contributed by atoms with Gasteiger partial charge < -0.3 is 18.8 Å². The zero-order valence-corrected chi connectivity index (χ0v) is 25.5. The number of carboxylic acid groups (broad SMARTS) is 1. The van der Waals surface area contributed by atoms with E-state index in [1.165, 1.54) is 11.0 Å². The first-order chi connectivity index (χ1) is 18.6. The molecule has 0 radical (unpaired) electrons. The third-order valence-corrected chi connectivity index (χ3v) is 6.84. The quantitative estimate of drug-likeness (QED) is 0.106. The van der Waals surface area contributed by atoms with E-state index in [0.717, 1.165) is 19.3 Å². The Morgan fingerprint density at radius 1 is 0.976 bits per heavy atom. The number of unbranched alkanes of at least 4 members (excludes halogenated alkanes) is 2. The maximum atomic E-state index is 12.4. The molecular weight excluding hydrogens is 571 g/mol. The number of alkyl halides is 3. The van der Waals surface area contributed by atoms with Gasteiger partial charge in [0.15, 0.2) is 0 Å². The Hall–Kier alpha value is -2.77. The Bertz CT molecular complexity index is 1100. The SMILES string of the molecule is CC(C)(C)OC(=O)N1C2C=C(OS(=O)(=O)C(F)(F)F)CC1CC2.CC=C(CCCCCC(=O)OC(C)(C)C)C(=O)O. The number of nitrogens with zero attached hydrogens (tertiary/aromatic N) is 1. The van der Waals surface area contributed by atoms with Crippen LogP contribution >= 0.6 is 0 Å². The molecule has 0 aromatic heterocycles. The summed E-state index contributed by atoms with van der Waals surface area (Å²) < 4.78 is 73.9. The summed E-state index contributed by atoms with van der Waals surface area (Å²) in [7, 11) is -5.69. The second kappa shape index (κ2) is 14.4. The first-order valence-electron chi connectivity index (χ1n) is 13.4. The van der Waals surface area contributed by atoms with Crippen LogP contribution in [0.5, 0.6) is 0 Å². The van der Waals surface area contributed by atoms with Crippen LogP contribution in [0.4, 0.5) is 18.0 Å². The second-order valence-electron chi connectivity index (χ2n) is 11.8. The van der Waals surface area contributed by atoms with E-state index in [2.05, 4.69) is 4.18 Å². The van der Waals surface area contributed by atoms with Crippen molar-refractivity contribution in [3.8, 4) is 0 Å². The van der Waals surface area contributed by atoms with Gasteiger partial charge in [0.25, 0.3) is 0 Å². The fraction of sp³-hybridized carbons (Fsp3) is 0.741. The Morgan fingerprint density at radius 3 is 2.00 bits per heavy atom. The van der Waals surface area contributed by atoms with Crippen LogP contribution in [0.3, 0.4) is 0 Å². The van der Waals surface area contributed by atoms with Crippen LogP contribution in [0.15, 0.2) is 23.5 Å². The number of rotatable bonds is 9. The number of hydrogen-bond donors (Lipinski definition) is 1. The van der Waals surface area contributed by atoms with E-state index in [1.807, 2.05) is 20.8 Å². The van der Waals surface area contributed by atoms with E-state index in [1.54, 1.807) is 33.8 Å². The van der Waals surface area contributed by atoms with Crippen molar-refractivity contribution < 1.29 is 54.7 Å². The molecule has 2 rings (SSSR count). The highest BCUT2D eigenvalue weighted by Gasteiger charge is 2.50. The van der Waals surface area contributed by atoms with Gasteiger partial charge in [0.1, 0.15) is 17.0 Å². The van der Waals surface area contributed by atoms with Gasteiger partial charge in [0.2, 0.25) is 0 Å². The van der Waals surface area contributed by atoms with Crippen molar-refractivity contribution in [1.82, 2.24) is 4.90 Å². The number of fused-ring (bicyclic) bond motifs is 2. The van der Waals surface area contributed by atoms with Crippen molar-refractivity contribution in [1.29, 1.82) is 0 Å². The fourth-order valence-electron chi connectivity index (χ4n) is 4.17. The molecule has 236 valence electrons. The van der Waals surface area contributed by atoms with Gasteiger partial charge in [-0.25, -0.2) is 9.59 Å². The van der Waals surface area contributed by atoms with Gasteiger partial charge in [-0.15, -0.1) is 0 Å². The molecule has 1 saturated heterocycles. The minimum Gasteiger partial charge on any atom is -0.478 e. The molecule has 0 aliphatic carbocycles. The third kappa shape index (κ3) is 12.7. The van der Waals surface area contributed by atoms with E-state index >= 15 is 0 Å². The highest BCUT2D eigenvalue weighted by atomic mass is 32.2. The van der Waals surface area contributed by atoms with Crippen LogP contribution in [-0.4, -0.2) is 65.3 Å². The van der Waals surface area contributed by atoms with Crippen molar-refractivity contribution in [3.63, 3.8) is 0 Å². The molecule has 0 saturated carbocycles. The molecule has 2 aliphatic heterocycles. The van der Waals surface area contributed by atoms with Crippen molar-refractivity contribution in [2.75, 3.05) is 0 Å². The molecule has 1 amide bonds. The van der Waals surface area contributed by atoms with Gasteiger partial charge >= 0.3 is 33.7 Å². The summed E-state index contributed by atoms with van der Waals surface area (Å²) >= 11 is 0. The molecule has 2 heterocycles. The molecule has 0 aromatic carbocycles. The lowest BCUT2D eigenvalue weighted by Gasteiger charge is -2.34. The number of aliphatic carboxylic acids is 1. The summed E-state index contributed by atoms with van der Waals surface area (Å²) in [6.07, 6.45) is 6.58. The molecule has 0 aromatic rings. The predicted molar refractivity (Wildman–Crippen MR) is 144 cm³/mol. The first kappa shape index (κ1) is 36.3. The number of amides is 1. The van der Waals surface area contributed by atoms with Gasteiger partial charge in [-0.05, 0) is 86.6 Å². The van der Waals surface area contributed by atoms with E-state index in [-0.39, 0.29) is 18.1 Å². The lowest BCUT2D eigenvalue weighted by Crippen LogP contribution is -2.46. The van der Waals surface area contributed by atoms with Crippen molar-refractivity contribution in [2.45, 2.75) is 129 Å². The summed E-state index contributed by atoms with van der Waals surface area (Å²) in [5, 5.41) is 8.80. The first-order valence-corrected chi connectivity index (χ1v) is 14.8. The summed E-state index contributed by atoms with van der Waals surface area (Å²) in [4.78, 5) is 35.7. The summed E-state index contributed by atoms with van der Waals surface area (Å²) in [6, 6.07) is -0.958. The molecule has 1 fully saturated rings. The number of halogens is 3. The molecule has 2 atom stereocenters. The zero-order valence-electron chi connectivity index (χ0n) is 24.7. The van der Waals surface area contributed by atoms with E-state index in [4.69, 9.17) is 14.6 Å². The normalized spacial score (nSPS) is 19.5. The summed E-state index contributed by atoms with van der Waals surface area (Å²) in [6.45, 7) is 12.4. The van der Waals surface area contributed by atoms with E-state index in [0.29, 0.717) is 31.3 Å². The zero-order chi connectivity index (χ0) is 31.8. The lowest BCUT2D eigenvalue weighted by molar-refractivity contribution is -0.155. The highest BCUT2D eigenvalue weighted by Crippen LogP contribution is 2.38. The Balaban J connectivity index is 0.000000425. The minimum atomic E-state index is -5.69. The lowest BCUT2D eigenvalue weighted by atomic mass is 10.1. The van der Waals surface area contributed by atoms with Crippen LogP contribution in [-0.2, 0) is 33.4 Å².